The molecule has 1 saturated carbocycles. The minimum absolute atomic E-state index is 0.0833. The summed E-state index contributed by atoms with van der Waals surface area (Å²) in [7, 11) is 1.43. The quantitative estimate of drug-likeness (QED) is 0.255. The molecule has 0 heterocycles. The summed E-state index contributed by atoms with van der Waals surface area (Å²) in [4.78, 5) is 21.6. The summed E-state index contributed by atoms with van der Waals surface area (Å²) in [5, 5.41) is 7.76. The van der Waals surface area contributed by atoms with E-state index < -0.39 is 0 Å². The highest BCUT2D eigenvalue weighted by atomic mass is 16.5. The Hall–Kier alpha value is -2.20. The van der Waals surface area contributed by atoms with Crippen LogP contribution in [0.1, 0.15) is 91.5 Å². The van der Waals surface area contributed by atoms with E-state index in [1.807, 2.05) is 45.9 Å². The van der Waals surface area contributed by atoms with Crippen LogP contribution in [0.3, 0.4) is 0 Å². The van der Waals surface area contributed by atoms with Crippen molar-refractivity contribution in [2.45, 2.75) is 86.0 Å². The molecule has 0 bridgehead atoms. The fraction of sp³-hybridized carbons (Fsp3) is 0.571. The fourth-order valence-electron chi connectivity index (χ4n) is 2.62. The van der Waals surface area contributed by atoms with Crippen molar-refractivity contribution in [3.63, 3.8) is 0 Å². The van der Waals surface area contributed by atoms with Gasteiger partial charge in [-0.25, -0.2) is 0 Å². The molecule has 2 rings (SSSR count). The van der Waals surface area contributed by atoms with Gasteiger partial charge in [-0.2, -0.15) is 0 Å². The Kier molecular flexibility index (Phi) is 31.0. The molecule has 0 aromatic heterocycles. The normalized spacial score (nSPS) is 13.7. The lowest BCUT2D eigenvalue weighted by Crippen LogP contribution is -1.98. The topological polar surface area (TPSA) is 63.6 Å². The zero-order chi connectivity index (χ0) is 25.0. The number of methoxy groups -OCH3 is 1. The Balaban J connectivity index is -0.000000411. The number of Topliss-reactive ketones (excluding diaryl/α,β-unsaturated/α-hetero) is 1. The van der Waals surface area contributed by atoms with Gasteiger partial charge >= 0.3 is 5.97 Å². The number of hydrogen-bond donors (Lipinski definition) is 1. The van der Waals surface area contributed by atoms with Crippen LogP contribution in [0.4, 0.5) is 0 Å². The fourth-order valence-corrected chi connectivity index (χ4v) is 2.62. The van der Waals surface area contributed by atoms with Crippen LogP contribution in [0.2, 0.25) is 0 Å². The first-order valence-electron chi connectivity index (χ1n) is 12.1. The maximum absolute atomic E-state index is 11.0. The number of carbonyl (C=O) groups excluding carboxylic acids is 2. The predicted molar refractivity (Wildman–Crippen MR) is 139 cm³/mol. The third-order valence-corrected chi connectivity index (χ3v) is 4.24. The highest BCUT2D eigenvalue weighted by Gasteiger charge is 2.18. The molecule has 1 aliphatic rings. The Bertz CT molecular complexity index is 564. The van der Waals surface area contributed by atoms with Crippen molar-refractivity contribution in [3.8, 4) is 0 Å². The molecule has 4 nitrogen and oxygen atoms in total. The minimum atomic E-state index is -0.0869. The van der Waals surface area contributed by atoms with Gasteiger partial charge in [0.15, 0.2) is 0 Å². The van der Waals surface area contributed by atoms with Gasteiger partial charge in [0.25, 0.3) is 0 Å². The molecule has 184 valence electrons. The van der Waals surface area contributed by atoms with Crippen LogP contribution in [-0.4, -0.2) is 30.6 Å². The average Bonchev–Trinajstić information content (AvgIpc) is 3.29. The molecule has 1 fully saturated rings. The highest BCUT2D eigenvalue weighted by Crippen LogP contribution is 2.23. The monoisotopic (exact) mass is 448 g/mol. The standard InChI is InChI=1S/C13H14O.C8H16O2.C3H6O.2C2H6/c14-13-9-8-12(10-13)7-6-11-4-2-1-3-5-11;1-3-4-5-6-7-8(9)10-2;1-2-3-4;2*1-2/h1-7,12H,8-10H2;3-7H2,1-2H3;2,4H,1,3H2;2*1-2H3/b7-6+;;;;/t12-;;;;/m0..../s1. The van der Waals surface area contributed by atoms with Crippen LogP contribution in [0.15, 0.2) is 49.1 Å². The van der Waals surface area contributed by atoms with E-state index in [0.29, 0.717) is 18.1 Å². The van der Waals surface area contributed by atoms with Crippen molar-refractivity contribution in [3.05, 3.63) is 54.6 Å². The van der Waals surface area contributed by atoms with E-state index in [-0.39, 0.29) is 12.6 Å². The van der Waals surface area contributed by atoms with Crippen molar-refractivity contribution in [2.24, 2.45) is 5.92 Å². The van der Waals surface area contributed by atoms with E-state index in [0.717, 1.165) is 32.1 Å². The summed E-state index contributed by atoms with van der Waals surface area (Å²) in [5.41, 5.74) is 1.21. The molecule has 1 aromatic rings. The molecule has 1 aliphatic carbocycles. The van der Waals surface area contributed by atoms with E-state index in [2.05, 4.69) is 42.5 Å². The number of hydrogen-bond acceptors (Lipinski definition) is 4. The molecule has 4 heteroatoms. The third-order valence-electron chi connectivity index (χ3n) is 4.24. The van der Waals surface area contributed by atoms with Gasteiger partial charge in [-0.1, -0.05) is 102 Å². The number of ketones is 1. The minimum Gasteiger partial charge on any atom is -0.469 e. The van der Waals surface area contributed by atoms with Gasteiger partial charge in [0.2, 0.25) is 0 Å². The van der Waals surface area contributed by atoms with Gasteiger partial charge in [0.05, 0.1) is 13.7 Å². The maximum Gasteiger partial charge on any atom is 0.305 e. The second-order valence-corrected chi connectivity index (χ2v) is 6.67. The molecular weight excluding hydrogens is 400 g/mol. The van der Waals surface area contributed by atoms with Crippen LogP contribution >= 0.6 is 0 Å². The number of ether oxygens (including phenoxy) is 1. The first-order chi connectivity index (χ1) is 15.6. The van der Waals surface area contributed by atoms with Crippen molar-refractivity contribution >= 4 is 17.8 Å². The number of aliphatic hydroxyl groups is 1. The van der Waals surface area contributed by atoms with E-state index in [1.165, 1.54) is 31.6 Å². The van der Waals surface area contributed by atoms with Gasteiger partial charge < -0.3 is 9.84 Å². The van der Waals surface area contributed by atoms with E-state index >= 15 is 0 Å². The number of benzene rings is 1. The smallest absolute Gasteiger partial charge is 0.305 e. The largest absolute Gasteiger partial charge is 0.469 e. The van der Waals surface area contributed by atoms with Crippen LogP contribution in [0, 0.1) is 5.92 Å². The summed E-state index contributed by atoms with van der Waals surface area (Å²) >= 11 is 0. The molecular formula is C28H48O4. The van der Waals surface area contributed by atoms with Crippen LogP contribution in [0.25, 0.3) is 6.08 Å². The highest BCUT2D eigenvalue weighted by molar-refractivity contribution is 5.81. The summed E-state index contributed by atoms with van der Waals surface area (Å²) < 4.78 is 4.49. The van der Waals surface area contributed by atoms with E-state index in [9.17, 15) is 9.59 Å². The second kappa shape index (κ2) is 28.8. The molecule has 1 N–H and O–H groups in total. The maximum atomic E-state index is 11.0. The molecule has 0 aliphatic heterocycles. The summed E-state index contributed by atoms with van der Waals surface area (Å²) in [5.74, 6) is 0.798. The SMILES string of the molecule is C=CCO.CC.CC.CCCCCCC(=O)OC.O=C1CC[C@H](/C=C/c2ccccc2)C1. The van der Waals surface area contributed by atoms with Gasteiger partial charge in [-0.15, -0.1) is 6.58 Å². The Labute approximate surface area is 197 Å². The number of aliphatic hydroxyl groups excluding tert-OH is 1. The number of carbonyl (C=O) groups is 2. The third kappa shape index (κ3) is 24.1. The molecule has 1 aromatic carbocycles. The van der Waals surface area contributed by atoms with Gasteiger partial charge in [0.1, 0.15) is 5.78 Å². The average molecular weight is 449 g/mol. The van der Waals surface area contributed by atoms with Crippen LogP contribution in [-0.2, 0) is 14.3 Å². The summed E-state index contributed by atoms with van der Waals surface area (Å²) in [6.45, 7) is 13.5. The zero-order valence-electron chi connectivity index (χ0n) is 21.4. The number of allylic oxidation sites excluding steroid dienone is 1. The Morgan fingerprint density at radius 2 is 1.72 bits per heavy atom. The number of rotatable bonds is 8. The summed E-state index contributed by atoms with van der Waals surface area (Å²) in [6, 6.07) is 10.2. The van der Waals surface area contributed by atoms with Gasteiger partial charge in [0, 0.05) is 19.3 Å². The molecule has 0 radical (unpaired) electrons. The van der Waals surface area contributed by atoms with Gasteiger partial charge in [-0.3, -0.25) is 9.59 Å². The molecule has 0 spiro atoms. The summed E-state index contributed by atoms with van der Waals surface area (Å²) in [6.07, 6.45) is 13.4. The zero-order valence-corrected chi connectivity index (χ0v) is 21.4. The first kappa shape index (κ1) is 34.4. The lowest BCUT2D eigenvalue weighted by molar-refractivity contribution is -0.140. The predicted octanol–water partition coefficient (Wildman–Crippen LogP) is 7.42. The van der Waals surface area contributed by atoms with Crippen LogP contribution in [0.5, 0.6) is 0 Å². The molecule has 0 unspecified atom stereocenters. The van der Waals surface area contributed by atoms with Crippen molar-refractivity contribution in [2.75, 3.05) is 13.7 Å². The van der Waals surface area contributed by atoms with Crippen molar-refractivity contribution < 1.29 is 19.4 Å². The molecule has 0 saturated heterocycles. The Morgan fingerprint density at radius 3 is 2.16 bits per heavy atom. The van der Waals surface area contributed by atoms with Gasteiger partial charge in [-0.05, 0) is 24.3 Å². The van der Waals surface area contributed by atoms with Crippen molar-refractivity contribution in [1.29, 1.82) is 0 Å². The molecule has 1 atom stereocenters. The number of unbranched alkanes of at least 4 members (excludes halogenated alkanes) is 3. The van der Waals surface area contributed by atoms with E-state index in [1.54, 1.807) is 0 Å². The first-order valence-corrected chi connectivity index (χ1v) is 12.1. The second-order valence-electron chi connectivity index (χ2n) is 6.67. The number of esters is 1. The Morgan fingerprint density at radius 1 is 1.12 bits per heavy atom. The lowest BCUT2D eigenvalue weighted by Gasteiger charge is -1.98. The lowest BCUT2D eigenvalue weighted by atomic mass is 10.1. The molecule has 32 heavy (non-hydrogen) atoms. The van der Waals surface area contributed by atoms with E-state index in [4.69, 9.17) is 5.11 Å². The van der Waals surface area contributed by atoms with Crippen LogP contribution < -0.4 is 0 Å². The van der Waals surface area contributed by atoms with Crippen molar-refractivity contribution in [1.82, 2.24) is 0 Å². The molecule has 0 amide bonds.